The van der Waals surface area contributed by atoms with Crippen molar-refractivity contribution in [3.05, 3.63) is 0 Å². The number of aliphatic carboxylic acids is 1. The summed E-state index contributed by atoms with van der Waals surface area (Å²) in [6.07, 6.45) is 0.309. The Bertz CT molecular complexity index is 342. The maximum atomic E-state index is 11.3. The second-order valence-electron chi connectivity index (χ2n) is 4.51. The first-order chi connectivity index (χ1) is 9.58. The largest absolute Gasteiger partial charge is 0.481 e. The zero-order valence-corrected chi connectivity index (χ0v) is 11.4. The second kappa shape index (κ2) is 9.27. The molecule has 0 aromatic heterocycles. The predicted molar refractivity (Wildman–Crippen MR) is 70.3 cm³/mol. The van der Waals surface area contributed by atoms with E-state index in [2.05, 4.69) is 15.5 Å². The van der Waals surface area contributed by atoms with Gasteiger partial charge in [-0.05, 0) is 13.0 Å². The highest BCUT2D eigenvalue weighted by Crippen LogP contribution is 1.97. The Balaban J connectivity index is 2.01. The maximum Gasteiger partial charge on any atom is 0.321 e. The zero-order valence-electron chi connectivity index (χ0n) is 11.4. The van der Waals surface area contributed by atoms with Crippen LogP contribution in [-0.4, -0.2) is 67.3 Å². The van der Waals surface area contributed by atoms with Crippen molar-refractivity contribution < 1.29 is 24.2 Å². The first-order valence-electron chi connectivity index (χ1n) is 6.67. The van der Waals surface area contributed by atoms with Crippen LogP contribution in [0.15, 0.2) is 0 Å². The van der Waals surface area contributed by atoms with Gasteiger partial charge in [-0.15, -0.1) is 0 Å². The molecule has 8 nitrogen and oxygen atoms in total. The van der Waals surface area contributed by atoms with E-state index in [4.69, 9.17) is 9.84 Å². The fourth-order valence-corrected chi connectivity index (χ4v) is 1.78. The van der Waals surface area contributed by atoms with Gasteiger partial charge in [0, 0.05) is 26.1 Å². The summed E-state index contributed by atoms with van der Waals surface area (Å²) in [6.45, 7) is 4.63. The highest BCUT2D eigenvalue weighted by molar-refractivity contribution is 5.95. The smallest absolute Gasteiger partial charge is 0.321 e. The van der Waals surface area contributed by atoms with Crippen LogP contribution in [0.4, 0.5) is 4.79 Å². The van der Waals surface area contributed by atoms with Crippen LogP contribution in [0.5, 0.6) is 0 Å². The van der Waals surface area contributed by atoms with Crippen molar-refractivity contribution >= 4 is 17.9 Å². The summed E-state index contributed by atoms with van der Waals surface area (Å²) in [5, 5.41) is 13.1. The van der Waals surface area contributed by atoms with Gasteiger partial charge < -0.3 is 15.2 Å². The number of imide groups is 1. The summed E-state index contributed by atoms with van der Waals surface area (Å²) in [5.41, 5.74) is 0. The van der Waals surface area contributed by atoms with E-state index in [0.29, 0.717) is 6.54 Å². The highest BCUT2D eigenvalue weighted by Gasteiger charge is 2.11. The maximum absolute atomic E-state index is 11.3. The van der Waals surface area contributed by atoms with Gasteiger partial charge in [0.1, 0.15) is 0 Å². The van der Waals surface area contributed by atoms with Gasteiger partial charge in [0.05, 0.1) is 19.6 Å². The third kappa shape index (κ3) is 7.70. The molecular weight excluding hydrogens is 266 g/mol. The lowest BCUT2D eigenvalue weighted by Gasteiger charge is -2.26. The molecule has 0 unspecified atom stereocenters. The van der Waals surface area contributed by atoms with E-state index in [9.17, 15) is 14.4 Å². The topological polar surface area (TPSA) is 108 Å². The van der Waals surface area contributed by atoms with Crippen LogP contribution in [0.1, 0.15) is 19.3 Å². The number of urea groups is 1. The van der Waals surface area contributed by atoms with Gasteiger partial charge in [-0.25, -0.2) is 4.79 Å². The van der Waals surface area contributed by atoms with E-state index in [1.807, 2.05) is 0 Å². The minimum atomic E-state index is -1.06. The number of nitrogens with one attached hydrogen (secondary N) is 2. The summed E-state index contributed by atoms with van der Waals surface area (Å²) in [6, 6.07) is -0.581. The number of amides is 3. The van der Waals surface area contributed by atoms with Gasteiger partial charge in [-0.3, -0.25) is 19.8 Å². The molecule has 8 heteroatoms. The normalized spacial score (nSPS) is 15.6. The molecule has 1 rings (SSSR count). The molecule has 3 amide bonds. The average molecular weight is 287 g/mol. The van der Waals surface area contributed by atoms with E-state index in [0.717, 1.165) is 39.3 Å². The van der Waals surface area contributed by atoms with E-state index in [1.165, 1.54) is 0 Å². The number of hydrogen-bond donors (Lipinski definition) is 3. The third-order valence-electron chi connectivity index (χ3n) is 2.86. The molecule has 0 atom stereocenters. The van der Waals surface area contributed by atoms with Gasteiger partial charge in [0.15, 0.2) is 0 Å². The van der Waals surface area contributed by atoms with E-state index >= 15 is 0 Å². The van der Waals surface area contributed by atoms with Crippen molar-refractivity contribution in [2.24, 2.45) is 0 Å². The SMILES string of the molecule is O=C(O)CCC(=O)NC(=O)NCCCN1CCOCC1. The molecule has 0 saturated carbocycles. The van der Waals surface area contributed by atoms with Gasteiger partial charge in [-0.1, -0.05) is 0 Å². The predicted octanol–water partition coefficient (Wildman–Crippen LogP) is -0.601. The van der Waals surface area contributed by atoms with Crippen molar-refractivity contribution in [3.63, 3.8) is 0 Å². The summed E-state index contributed by atoms with van der Waals surface area (Å²) in [4.78, 5) is 35.0. The number of morpholine rings is 1. The molecule has 20 heavy (non-hydrogen) atoms. The Kier molecular flexibility index (Phi) is 7.59. The lowest BCUT2D eigenvalue weighted by molar-refractivity contribution is -0.138. The number of rotatable bonds is 7. The van der Waals surface area contributed by atoms with Gasteiger partial charge in [-0.2, -0.15) is 0 Å². The summed E-state index contributed by atoms with van der Waals surface area (Å²) in [7, 11) is 0. The van der Waals surface area contributed by atoms with Crippen molar-refractivity contribution in [1.29, 1.82) is 0 Å². The minimum Gasteiger partial charge on any atom is -0.481 e. The Morgan fingerprint density at radius 3 is 2.50 bits per heavy atom. The number of carboxylic acid groups (broad SMARTS) is 1. The third-order valence-corrected chi connectivity index (χ3v) is 2.86. The Morgan fingerprint density at radius 2 is 1.85 bits per heavy atom. The first kappa shape index (κ1) is 16.4. The van der Waals surface area contributed by atoms with Crippen LogP contribution in [0.2, 0.25) is 0 Å². The Labute approximate surface area is 117 Å². The molecule has 0 aromatic rings. The van der Waals surface area contributed by atoms with Crippen molar-refractivity contribution in [1.82, 2.24) is 15.5 Å². The molecule has 1 heterocycles. The lowest BCUT2D eigenvalue weighted by Crippen LogP contribution is -2.41. The Hall–Kier alpha value is -1.67. The first-order valence-corrected chi connectivity index (χ1v) is 6.67. The van der Waals surface area contributed by atoms with E-state index < -0.39 is 17.9 Å². The molecule has 0 aromatic carbocycles. The van der Waals surface area contributed by atoms with Crippen LogP contribution in [0.25, 0.3) is 0 Å². The molecule has 1 aliphatic heterocycles. The highest BCUT2D eigenvalue weighted by atomic mass is 16.5. The van der Waals surface area contributed by atoms with Crippen molar-refractivity contribution in [2.75, 3.05) is 39.4 Å². The fourth-order valence-electron chi connectivity index (χ4n) is 1.78. The number of carbonyl (C=O) groups is 3. The van der Waals surface area contributed by atoms with Crippen molar-refractivity contribution in [3.8, 4) is 0 Å². The molecule has 0 bridgehead atoms. The van der Waals surface area contributed by atoms with E-state index in [1.54, 1.807) is 0 Å². The average Bonchev–Trinajstić information content (AvgIpc) is 2.42. The second-order valence-corrected chi connectivity index (χ2v) is 4.51. The van der Waals surface area contributed by atoms with Crippen LogP contribution >= 0.6 is 0 Å². The molecular formula is C12H21N3O5. The fraction of sp³-hybridized carbons (Fsp3) is 0.750. The van der Waals surface area contributed by atoms with Crippen LogP contribution in [-0.2, 0) is 14.3 Å². The van der Waals surface area contributed by atoms with Crippen LogP contribution in [0.3, 0.4) is 0 Å². The van der Waals surface area contributed by atoms with E-state index in [-0.39, 0.29) is 12.8 Å². The standard InChI is InChI=1S/C12H21N3O5/c16-10(2-3-11(17)18)14-12(19)13-4-1-5-15-6-8-20-9-7-15/h1-9H2,(H,17,18)(H2,13,14,16,19). The minimum absolute atomic E-state index is 0.198. The number of hydrogen-bond acceptors (Lipinski definition) is 5. The zero-order chi connectivity index (χ0) is 14.8. The molecule has 0 radical (unpaired) electrons. The number of carbonyl (C=O) groups excluding carboxylic acids is 2. The summed E-state index contributed by atoms with van der Waals surface area (Å²) >= 11 is 0. The quantitative estimate of drug-likeness (QED) is 0.540. The number of ether oxygens (including phenoxy) is 1. The summed E-state index contributed by atoms with van der Waals surface area (Å²) < 4.78 is 5.23. The number of nitrogens with zero attached hydrogens (tertiary/aromatic N) is 1. The Morgan fingerprint density at radius 1 is 1.15 bits per heavy atom. The van der Waals surface area contributed by atoms with Crippen LogP contribution in [0, 0.1) is 0 Å². The number of carboxylic acids is 1. The lowest BCUT2D eigenvalue weighted by atomic mass is 10.3. The molecule has 0 spiro atoms. The molecule has 114 valence electrons. The summed E-state index contributed by atoms with van der Waals surface area (Å²) in [5.74, 6) is -1.65. The van der Waals surface area contributed by atoms with Gasteiger partial charge in [0.2, 0.25) is 5.91 Å². The van der Waals surface area contributed by atoms with Crippen molar-refractivity contribution in [2.45, 2.75) is 19.3 Å². The molecule has 1 aliphatic rings. The molecule has 1 fully saturated rings. The molecule has 0 aliphatic carbocycles. The molecule has 3 N–H and O–H groups in total. The van der Waals surface area contributed by atoms with Gasteiger partial charge in [0.25, 0.3) is 0 Å². The monoisotopic (exact) mass is 287 g/mol. The van der Waals surface area contributed by atoms with Crippen LogP contribution < -0.4 is 10.6 Å². The molecule has 1 saturated heterocycles. The van der Waals surface area contributed by atoms with Gasteiger partial charge >= 0.3 is 12.0 Å².